The SMILES string of the molecule is O=C(NCC1COc2ccccc2O1)c1ccc(F)c(F)c1F. The van der Waals surface area contributed by atoms with Crippen LogP contribution < -0.4 is 14.8 Å². The van der Waals surface area contributed by atoms with Crippen LogP contribution in [0, 0.1) is 17.5 Å². The van der Waals surface area contributed by atoms with Crippen LogP contribution in [0.4, 0.5) is 13.2 Å². The van der Waals surface area contributed by atoms with Gasteiger partial charge in [0.1, 0.15) is 12.7 Å². The number of hydrogen-bond donors (Lipinski definition) is 1. The maximum absolute atomic E-state index is 13.5. The van der Waals surface area contributed by atoms with Crippen molar-refractivity contribution < 1.29 is 27.4 Å². The zero-order chi connectivity index (χ0) is 16.4. The van der Waals surface area contributed by atoms with E-state index in [1.807, 2.05) is 0 Å². The topological polar surface area (TPSA) is 47.6 Å². The van der Waals surface area contributed by atoms with Crippen LogP contribution in [0.25, 0.3) is 0 Å². The van der Waals surface area contributed by atoms with Gasteiger partial charge in [-0.25, -0.2) is 13.2 Å². The van der Waals surface area contributed by atoms with E-state index in [4.69, 9.17) is 9.47 Å². The van der Waals surface area contributed by atoms with Gasteiger partial charge in [-0.1, -0.05) is 12.1 Å². The van der Waals surface area contributed by atoms with E-state index in [9.17, 15) is 18.0 Å². The van der Waals surface area contributed by atoms with E-state index >= 15 is 0 Å². The van der Waals surface area contributed by atoms with Crippen LogP contribution in [-0.2, 0) is 0 Å². The predicted molar refractivity (Wildman–Crippen MR) is 75.0 cm³/mol. The summed E-state index contributed by atoms with van der Waals surface area (Å²) in [4.78, 5) is 11.9. The summed E-state index contributed by atoms with van der Waals surface area (Å²) in [7, 11) is 0. The Labute approximate surface area is 129 Å². The van der Waals surface area contributed by atoms with E-state index in [0.717, 1.165) is 6.07 Å². The lowest BCUT2D eigenvalue weighted by Gasteiger charge is -2.26. The Bertz CT molecular complexity index is 751. The number of fused-ring (bicyclic) bond motifs is 1. The number of nitrogens with one attached hydrogen (secondary N) is 1. The molecule has 120 valence electrons. The lowest BCUT2D eigenvalue weighted by molar-refractivity contribution is 0.0786. The molecule has 3 rings (SSSR count). The molecule has 0 saturated heterocycles. The van der Waals surface area contributed by atoms with Gasteiger partial charge in [0.15, 0.2) is 29.0 Å². The normalized spacial score (nSPS) is 16.0. The van der Waals surface area contributed by atoms with Crippen molar-refractivity contribution in [1.82, 2.24) is 5.32 Å². The second-order valence-corrected chi connectivity index (χ2v) is 4.93. The van der Waals surface area contributed by atoms with Gasteiger partial charge in [-0.3, -0.25) is 4.79 Å². The fraction of sp³-hybridized carbons (Fsp3) is 0.188. The van der Waals surface area contributed by atoms with Crippen LogP contribution in [0.15, 0.2) is 36.4 Å². The van der Waals surface area contributed by atoms with Gasteiger partial charge in [-0.05, 0) is 24.3 Å². The second-order valence-electron chi connectivity index (χ2n) is 4.93. The molecule has 0 spiro atoms. The summed E-state index contributed by atoms with van der Waals surface area (Å²) < 4.78 is 50.6. The quantitative estimate of drug-likeness (QED) is 0.884. The number of carbonyl (C=O) groups is 1. The summed E-state index contributed by atoms with van der Waals surface area (Å²) in [6, 6.07) is 8.63. The molecule has 1 amide bonds. The number of ether oxygens (including phenoxy) is 2. The van der Waals surface area contributed by atoms with Gasteiger partial charge in [-0.15, -0.1) is 0 Å². The first kappa shape index (κ1) is 15.2. The molecule has 0 saturated carbocycles. The fourth-order valence-corrected chi connectivity index (χ4v) is 2.17. The van der Waals surface area contributed by atoms with Crippen LogP contribution in [0.1, 0.15) is 10.4 Å². The molecule has 1 heterocycles. The highest BCUT2D eigenvalue weighted by Gasteiger charge is 2.23. The number of halogens is 3. The summed E-state index contributed by atoms with van der Waals surface area (Å²) in [6.07, 6.45) is -0.470. The van der Waals surface area contributed by atoms with Gasteiger partial charge in [0.05, 0.1) is 12.1 Å². The minimum Gasteiger partial charge on any atom is -0.486 e. The molecule has 23 heavy (non-hydrogen) atoms. The number of amides is 1. The lowest BCUT2D eigenvalue weighted by atomic mass is 10.2. The summed E-state index contributed by atoms with van der Waals surface area (Å²) in [5.41, 5.74) is -0.568. The summed E-state index contributed by atoms with van der Waals surface area (Å²) in [5.74, 6) is -4.26. The zero-order valence-electron chi connectivity index (χ0n) is 11.8. The molecule has 1 aliphatic rings. The minimum atomic E-state index is -1.68. The van der Waals surface area contributed by atoms with Crippen molar-refractivity contribution in [3.63, 3.8) is 0 Å². The van der Waals surface area contributed by atoms with E-state index < -0.39 is 35.0 Å². The van der Waals surface area contributed by atoms with Gasteiger partial charge in [-0.2, -0.15) is 0 Å². The smallest absolute Gasteiger partial charge is 0.254 e. The van der Waals surface area contributed by atoms with Gasteiger partial charge < -0.3 is 14.8 Å². The average molecular weight is 323 g/mol. The molecule has 1 aliphatic heterocycles. The Hall–Kier alpha value is -2.70. The molecule has 0 aromatic heterocycles. The summed E-state index contributed by atoms with van der Waals surface area (Å²) in [6.45, 7) is 0.239. The summed E-state index contributed by atoms with van der Waals surface area (Å²) in [5, 5.41) is 2.41. The number of benzene rings is 2. The monoisotopic (exact) mass is 323 g/mol. The number of carbonyl (C=O) groups excluding carboxylic acids is 1. The molecule has 7 heteroatoms. The Morgan fingerprint density at radius 1 is 1.09 bits per heavy atom. The van der Waals surface area contributed by atoms with Crippen LogP contribution >= 0.6 is 0 Å². The van der Waals surface area contributed by atoms with Gasteiger partial charge in [0.2, 0.25) is 0 Å². The molecule has 2 aromatic carbocycles. The van der Waals surface area contributed by atoms with Crippen molar-refractivity contribution in [2.24, 2.45) is 0 Å². The molecular formula is C16H12F3NO3. The molecule has 2 aromatic rings. The van der Waals surface area contributed by atoms with E-state index in [1.54, 1.807) is 24.3 Å². The van der Waals surface area contributed by atoms with Crippen molar-refractivity contribution in [2.75, 3.05) is 13.2 Å². The van der Waals surface area contributed by atoms with Crippen LogP contribution in [0.2, 0.25) is 0 Å². The second kappa shape index (κ2) is 6.20. The number of rotatable bonds is 3. The molecule has 0 fully saturated rings. The number of hydrogen-bond acceptors (Lipinski definition) is 3. The summed E-state index contributed by atoms with van der Waals surface area (Å²) >= 11 is 0. The van der Waals surface area contributed by atoms with Crippen LogP contribution in [-0.4, -0.2) is 25.2 Å². The molecule has 1 N–H and O–H groups in total. The van der Waals surface area contributed by atoms with E-state index in [1.165, 1.54) is 0 Å². The molecule has 1 atom stereocenters. The molecule has 0 radical (unpaired) electrons. The fourth-order valence-electron chi connectivity index (χ4n) is 2.17. The standard InChI is InChI=1S/C16H12F3NO3/c17-11-6-5-10(14(18)15(11)19)16(21)20-7-9-8-22-12-3-1-2-4-13(12)23-9/h1-6,9H,7-8H2,(H,20,21). The third-order valence-corrected chi connectivity index (χ3v) is 3.34. The number of para-hydroxylation sites is 2. The Morgan fingerprint density at radius 2 is 1.83 bits per heavy atom. The van der Waals surface area contributed by atoms with E-state index in [0.29, 0.717) is 17.6 Å². The largest absolute Gasteiger partial charge is 0.486 e. The third-order valence-electron chi connectivity index (χ3n) is 3.34. The third kappa shape index (κ3) is 3.08. The van der Waals surface area contributed by atoms with Crippen molar-refractivity contribution in [3.8, 4) is 11.5 Å². The lowest BCUT2D eigenvalue weighted by Crippen LogP contribution is -2.41. The van der Waals surface area contributed by atoms with Gasteiger partial charge in [0, 0.05) is 0 Å². The Balaban J connectivity index is 1.63. The average Bonchev–Trinajstić information content (AvgIpc) is 2.57. The first-order valence-electron chi connectivity index (χ1n) is 6.86. The highest BCUT2D eigenvalue weighted by Crippen LogP contribution is 2.30. The van der Waals surface area contributed by atoms with Crippen molar-refractivity contribution in [3.05, 3.63) is 59.4 Å². The van der Waals surface area contributed by atoms with Crippen LogP contribution in [0.5, 0.6) is 11.5 Å². The van der Waals surface area contributed by atoms with Gasteiger partial charge in [0.25, 0.3) is 5.91 Å². The minimum absolute atomic E-state index is 0.0333. The van der Waals surface area contributed by atoms with E-state index in [2.05, 4.69) is 5.32 Å². The maximum Gasteiger partial charge on any atom is 0.254 e. The van der Waals surface area contributed by atoms with Crippen molar-refractivity contribution in [2.45, 2.75) is 6.10 Å². The highest BCUT2D eigenvalue weighted by atomic mass is 19.2. The highest BCUT2D eigenvalue weighted by molar-refractivity contribution is 5.94. The van der Waals surface area contributed by atoms with Crippen LogP contribution in [0.3, 0.4) is 0 Å². The van der Waals surface area contributed by atoms with Gasteiger partial charge >= 0.3 is 0 Å². The Kier molecular flexibility index (Phi) is 4.10. The maximum atomic E-state index is 13.5. The van der Waals surface area contributed by atoms with Crippen molar-refractivity contribution in [1.29, 1.82) is 0 Å². The Morgan fingerprint density at radius 3 is 2.61 bits per heavy atom. The van der Waals surface area contributed by atoms with E-state index in [-0.39, 0.29) is 13.2 Å². The molecule has 4 nitrogen and oxygen atoms in total. The molecule has 1 unspecified atom stereocenters. The first-order chi connectivity index (χ1) is 11.1. The zero-order valence-corrected chi connectivity index (χ0v) is 11.8. The van der Waals surface area contributed by atoms with Crippen molar-refractivity contribution >= 4 is 5.91 Å². The predicted octanol–water partition coefficient (Wildman–Crippen LogP) is 2.67. The molecule has 0 aliphatic carbocycles. The first-order valence-corrected chi connectivity index (χ1v) is 6.86. The molecular weight excluding hydrogens is 311 g/mol. The molecule has 0 bridgehead atoms.